The summed E-state index contributed by atoms with van der Waals surface area (Å²) in [5, 5.41) is 2.21. The van der Waals surface area contributed by atoms with E-state index in [-0.39, 0.29) is 22.7 Å². The largest absolute Gasteiger partial charge is 0.497 e. The first-order valence-electron chi connectivity index (χ1n) is 8.90. The van der Waals surface area contributed by atoms with Gasteiger partial charge in [-0.05, 0) is 30.3 Å². The number of imidazole rings is 1. The minimum absolute atomic E-state index is 0.0254. The molecule has 0 spiro atoms. The average molecular weight is 449 g/mol. The number of nitrogens with zero attached hydrogens (tertiary/aromatic N) is 4. The van der Waals surface area contributed by atoms with Gasteiger partial charge in [0.25, 0.3) is 5.91 Å². The van der Waals surface area contributed by atoms with Gasteiger partial charge in [-0.2, -0.15) is 13.2 Å². The van der Waals surface area contributed by atoms with Crippen molar-refractivity contribution in [1.82, 2.24) is 19.5 Å². The van der Waals surface area contributed by atoms with Gasteiger partial charge in [0.15, 0.2) is 11.6 Å². The smallest absolute Gasteiger partial charge is 0.450 e. The number of ether oxygens (including phenoxy) is 1. The maximum Gasteiger partial charge on any atom is 0.450 e. The molecule has 1 amide bonds. The molecule has 0 radical (unpaired) electrons. The van der Waals surface area contributed by atoms with E-state index in [9.17, 15) is 26.7 Å². The van der Waals surface area contributed by atoms with Gasteiger partial charge >= 0.3 is 6.18 Å². The first kappa shape index (κ1) is 21.2. The first-order valence-corrected chi connectivity index (χ1v) is 8.90. The molecule has 0 fully saturated rings. The zero-order chi connectivity index (χ0) is 23.0. The van der Waals surface area contributed by atoms with E-state index in [0.717, 1.165) is 29.1 Å². The van der Waals surface area contributed by atoms with Gasteiger partial charge in [-0.3, -0.25) is 9.36 Å². The van der Waals surface area contributed by atoms with Gasteiger partial charge in [-0.25, -0.2) is 23.7 Å². The van der Waals surface area contributed by atoms with E-state index >= 15 is 0 Å². The lowest BCUT2D eigenvalue weighted by Gasteiger charge is -2.11. The summed E-state index contributed by atoms with van der Waals surface area (Å²) in [7, 11) is 1.37. The Morgan fingerprint density at radius 3 is 2.50 bits per heavy atom. The van der Waals surface area contributed by atoms with E-state index in [2.05, 4.69) is 20.3 Å². The molecule has 2 aromatic heterocycles. The second-order valence-electron chi connectivity index (χ2n) is 6.46. The molecule has 1 N–H and O–H groups in total. The number of fused-ring (bicyclic) bond motifs is 1. The number of aromatic nitrogens is 4. The van der Waals surface area contributed by atoms with E-state index in [1.54, 1.807) is 0 Å². The standard InChI is InChI=1S/C20H12F5N5O2/c1-32-11-3-5-15-14(7-11)28-19(20(23,24)25)30(15)17-9-26-16(8-27-17)29-18(31)12-6-10(21)2-4-13(12)22/h2-9H,1H3,(H,26,29,31). The molecule has 2 aromatic carbocycles. The van der Waals surface area contributed by atoms with Crippen LogP contribution < -0.4 is 10.1 Å². The number of alkyl halides is 3. The number of anilines is 1. The lowest BCUT2D eigenvalue weighted by molar-refractivity contribution is -0.145. The molecule has 7 nitrogen and oxygen atoms in total. The van der Waals surface area contributed by atoms with Gasteiger partial charge in [0.2, 0.25) is 5.82 Å². The molecule has 32 heavy (non-hydrogen) atoms. The van der Waals surface area contributed by atoms with Crippen molar-refractivity contribution in [3.63, 3.8) is 0 Å². The van der Waals surface area contributed by atoms with E-state index in [4.69, 9.17) is 4.74 Å². The SMILES string of the molecule is COc1ccc2c(c1)nc(C(F)(F)F)n2-c1cnc(NC(=O)c2cc(F)ccc2F)cn1. The molecule has 0 saturated heterocycles. The predicted octanol–water partition coefficient (Wildman–Crippen LogP) is 4.37. The van der Waals surface area contributed by atoms with Crippen molar-refractivity contribution in [3.8, 4) is 11.6 Å². The lowest BCUT2D eigenvalue weighted by Crippen LogP contribution is -2.17. The number of carbonyl (C=O) groups excluding carboxylic acids is 1. The fourth-order valence-corrected chi connectivity index (χ4v) is 2.97. The van der Waals surface area contributed by atoms with Gasteiger partial charge in [-0.1, -0.05) is 0 Å². The Kier molecular flexibility index (Phi) is 5.20. The summed E-state index contributed by atoms with van der Waals surface area (Å²) in [6.45, 7) is 0. The number of halogens is 5. The maximum atomic E-state index is 13.7. The fraction of sp³-hybridized carbons (Fsp3) is 0.100. The second kappa shape index (κ2) is 7.87. The van der Waals surface area contributed by atoms with Crippen LogP contribution in [-0.2, 0) is 6.18 Å². The van der Waals surface area contributed by atoms with Crippen molar-refractivity contribution in [3.05, 3.63) is 71.8 Å². The van der Waals surface area contributed by atoms with Crippen molar-refractivity contribution in [2.24, 2.45) is 0 Å². The number of rotatable bonds is 4. The molecule has 12 heteroatoms. The van der Waals surface area contributed by atoms with Crippen LogP contribution in [-0.4, -0.2) is 32.5 Å². The average Bonchev–Trinajstić information content (AvgIpc) is 3.15. The predicted molar refractivity (Wildman–Crippen MR) is 103 cm³/mol. The molecular formula is C20H12F5N5O2. The van der Waals surface area contributed by atoms with Crippen LogP contribution in [0.2, 0.25) is 0 Å². The Morgan fingerprint density at radius 1 is 1.06 bits per heavy atom. The monoisotopic (exact) mass is 449 g/mol. The van der Waals surface area contributed by atoms with Crippen LogP contribution in [0, 0.1) is 11.6 Å². The molecule has 4 rings (SSSR count). The highest BCUT2D eigenvalue weighted by atomic mass is 19.4. The van der Waals surface area contributed by atoms with Crippen molar-refractivity contribution in [2.45, 2.75) is 6.18 Å². The van der Waals surface area contributed by atoms with E-state index < -0.39 is 35.1 Å². The summed E-state index contributed by atoms with van der Waals surface area (Å²) in [6, 6.07) is 6.54. The second-order valence-corrected chi connectivity index (χ2v) is 6.46. The van der Waals surface area contributed by atoms with Crippen LogP contribution in [0.5, 0.6) is 5.75 Å². The summed E-state index contributed by atoms with van der Waals surface area (Å²) < 4.78 is 73.5. The molecule has 0 unspecified atom stereocenters. The highest BCUT2D eigenvalue weighted by Gasteiger charge is 2.38. The molecular weight excluding hydrogens is 437 g/mol. The van der Waals surface area contributed by atoms with Gasteiger partial charge < -0.3 is 10.1 Å². The number of nitrogens with one attached hydrogen (secondary N) is 1. The molecule has 0 atom stereocenters. The van der Waals surface area contributed by atoms with Crippen LogP contribution in [0.15, 0.2) is 48.8 Å². The van der Waals surface area contributed by atoms with Gasteiger partial charge in [-0.15, -0.1) is 0 Å². The van der Waals surface area contributed by atoms with Crippen LogP contribution in [0.4, 0.5) is 27.8 Å². The molecule has 4 aromatic rings. The normalized spacial score (nSPS) is 11.6. The third-order valence-electron chi connectivity index (χ3n) is 4.40. The summed E-state index contributed by atoms with van der Waals surface area (Å²) in [5.41, 5.74) is -0.437. The van der Waals surface area contributed by atoms with Crippen LogP contribution in [0.3, 0.4) is 0 Å². The van der Waals surface area contributed by atoms with E-state index in [1.807, 2.05) is 0 Å². The molecule has 0 bridgehead atoms. The number of benzene rings is 2. The van der Waals surface area contributed by atoms with E-state index in [1.165, 1.54) is 25.3 Å². The minimum atomic E-state index is -4.80. The Hall–Kier alpha value is -4.09. The van der Waals surface area contributed by atoms with Crippen LogP contribution in [0.25, 0.3) is 16.9 Å². The summed E-state index contributed by atoms with van der Waals surface area (Å²) >= 11 is 0. The van der Waals surface area contributed by atoms with E-state index in [0.29, 0.717) is 11.8 Å². The number of carbonyl (C=O) groups is 1. The fourth-order valence-electron chi connectivity index (χ4n) is 2.97. The molecule has 164 valence electrons. The molecule has 0 saturated carbocycles. The summed E-state index contributed by atoms with van der Waals surface area (Å²) in [6.07, 6.45) is -2.83. The highest BCUT2D eigenvalue weighted by Crippen LogP contribution is 2.34. The van der Waals surface area contributed by atoms with Crippen molar-refractivity contribution < 1.29 is 31.5 Å². The topological polar surface area (TPSA) is 81.9 Å². The summed E-state index contributed by atoms with van der Waals surface area (Å²) in [5.74, 6) is -4.08. The highest BCUT2D eigenvalue weighted by molar-refractivity contribution is 6.03. The number of methoxy groups -OCH3 is 1. The van der Waals surface area contributed by atoms with Gasteiger partial charge in [0.1, 0.15) is 17.4 Å². The third-order valence-corrected chi connectivity index (χ3v) is 4.40. The van der Waals surface area contributed by atoms with Crippen molar-refractivity contribution in [2.75, 3.05) is 12.4 Å². The first-order chi connectivity index (χ1) is 15.2. The number of amides is 1. The maximum absolute atomic E-state index is 13.7. The van der Waals surface area contributed by atoms with Crippen molar-refractivity contribution >= 4 is 22.8 Å². The Balaban J connectivity index is 1.70. The third kappa shape index (κ3) is 3.94. The van der Waals surface area contributed by atoms with Crippen LogP contribution in [0.1, 0.15) is 16.2 Å². The molecule has 0 aliphatic rings. The quantitative estimate of drug-likeness (QED) is 0.468. The van der Waals surface area contributed by atoms with Crippen molar-refractivity contribution in [1.29, 1.82) is 0 Å². The van der Waals surface area contributed by atoms with Crippen LogP contribution >= 0.6 is 0 Å². The number of hydrogen-bond donors (Lipinski definition) is 1. The Bertz CT molecular complexity index is 1320. The van der Waals surface area contributed by atoms with Gasteiger partial charge in [0.05, 0.1) is 36.1 Å². The molecule has 0 aliphatic carbocycles. The number of hydrogen-bond acceptors (Lipinski definition) is 5. The zero-order valence-corrected chi connectivity index (χ0v) is 16.1. The Morgan fingerprint density at radius 2 is 1.84 bits per heavy atom. The minimum Gasteiger partial charge on any atom is -0.497 e. The van der Waals surface area contributed by atoms with Gasteiger partial charge in [0, 0.05) is 6.07 Å². The summed E-state index contributed by atoms with van der Waals surface area (Å²) in [4.78, 5) is 23.6. The molecule has 0 aliphatic heterocycles. The lowest BCUT2D eigenvalue weighted by atomic mass is 10.2. The zero-order valence-electron chi connectivity index (χ0n) is 16.1. The Labute approximate surface area is 176 Å². The molecule has 2 heterocycles.